The van der Waals surface area contributed by atoms with Gasteiger partial charge in [-0.2, -0.15) is 0 Å². The Labute approximate surface area is 95.7 Å². The molecule has 0 saturated heterocycles. The first-order chi connectivity index (χ1) is 8.16. The van der Waals surface area contributed by atoms with Crippen molar-refractivity contribution in [3.63, 3.8) is 0 Å². The van der Waals surface area contributed by atoms with E-state index < -0.39 is 11.7 Å². The zero-order chi connectivity index (χ0) is 12.3. The number of amides is 1. The van der Waals surface area contributed by atoms with Crippen molar-refractivity contribution in [2.75, 3.05) is 0 Å². The summed E-state index contributed by atoms with van der Waals surface area (Å²) in [6.45, 7) is 0.131. The standard InChI is InChI=1S/C11H10FN3O2/c12-9-4-2-1-3-8(9)11(17)13-6-7-5-10(16)15-14-7/h1-5H,6H2,(H,13,17)(H2,14,15,16). The summed E-state index contributed by atoms with van der Waals surface area (Å²) in [5, 5.41) is 7.42. The lowest BCUT2D eigenvalue weighted by molar-refractivity contribution is 0.0946. The lowest BCUT2D eigenvalue weighted by Crippen LogP contribution is -2.24. The molecule has 0 atom stereocenters. The maximum Gasteiger partial charge on any atom is 0.264 e. The quantitative estimate of drug-likeness (QED) is 0.734. The highest BCUT2D eigenvalue weighted by atomic mass is 19.1. The van der Waals surface area contributed by atoms with E-state index in [1.54, 1.807) is 6.07 Å². The Bertz CT molecular complexity index is 588. The Kier molecular flexibility index (Phi) is 3.04. The molecule has 3 N–H and O–H groups in total. The lowest BCUT2D eigenvalue weighted by atomic mass is 10.2. The van der Waals surface area contributed by atoms with E-state index in [4.69, 9.17) is 0 Å². The zero-order valence-corrected chi connectivity index (χ0v) is 8.79. The molecular weight excluding hydrogens is 225 g/mol. The molecule has 1 aromatic heterocycles. The van der Waals surface area contributed by atoms with E-state index in [-0.39, 0.29) is 17.7 Å². The van der Waals surface area contributed by atoms with Crippen LogP contribution >= 0.6 is 0 Å². The van der Waals surface area contributed by atoms with Gasteiger partial charge in [-0.3, -0.25) is 14.7 Å². The number of hydrogen-bond acceptors (Lipinski definition) is 2. The summed E-state index contributed by atoms with van der Waals surface area (Å²) in [6, 6.07) is 7.02. The van der Waals surface area contributed by atoms with E-state index in [1.165, 1.54) is 24.3 Å². The van der Waals surface area contributed by atoms with E-state index in [0.29, 0.717) is 5.69 Å². The SMILES string of the molecule is O=C(NCc1cc(=O)[nH][nH]1)c1ccccc1F. The van der Waals surface area contributed by atoms with Crippen molar-refractivity contribution in [1.82, 2.24) is 15.5 Å². The molecule has 88 valence electrons. The monoisotopic (exact) mass is 235 g/mol. The van der Waals surface area contributed by atoms with Crippen molar-refractivity contribution in [1.29, 1.82) is 0 Å². The van der Waals surface area contributed by atoms with Gasteiger partial charge in [0.1, 0.15) is 5.82 Å². The normalized spacial score (nSPS) is 10.2. The molecule has 1 amide bonds. The molecule has 5 nitrogen and oxygen atoms in total. The fraction of sp³-hybridized carbons (Fsp3) is 0.0909. The van der Waals surface area contributed by atoms with Crippen LogP contribution in [-0.4, -0.2) is 16.1 Å². The van der Waals surface area contributed by atoms with Gasteiger partial charge in [-0.1, -0.05) is 12.1 Å². The van der Waals surface area contributed by atoms with Crippen molar-refractivity contribution in [2.45, 2.75) is 6.54 Å². The van der Waals surface area contributed by atoms with Gasteiger partial charge in [0.2, 0.25) is 0 Å². The van der Waals surface area contributed by atoms with Crippen LogP contribution in [0.1, 0.15) is 16.1 Å². The van der Waals surface area contributed by atoms with Crippen LogP contribution in [0.2, 0.25) is 0 Å². The third-order valence-corrected chi connectivity index (χ3v) is 2.21. The second kappa shape index (κ2) is 4.65. The number of hydrogen-bond donors (Lipinski definition) is 3. The van der Waals surface area contributed by atoms with Gasteiger partial charge in [-0.05, 0) is 12.1 Å². The fourth-order valence-corrected chi connectivity index (χ4v) is 1.38. The van der Waals surface area contributed by atoms with Crippen molar-refractivity contribution < 1.29 is 9.18 Å². The first-order valence-electron chi connectivity index (χ1n) is 4.96. The van der Waals surface area contributed by atoms with Crippen LogP contribution in [0, 0.1) is 5.82 Å². The molecule has 0 unspecified atom stereocenters. The molecule has 0 aliphatic carbocycles. The molecule has 6 heteroatoms. The molecule has 0 fully saturated rings. The number of nitrogens with one attached hydrogen (secondary N) is 3. The van der Waals surface area contributed by atoms with Crippen LogP contribution in [0.15, 0.2) is 35.1 Å². The van der Waals surface area contributed by atoms with Crippen molar-refractivity contribution in [3.05, 3.63) is 57.8 Å². The second-order valence-electron chi connectivity index (χ2n) is 3.45. The van der Waals surface area contributed by atoms with Gasteiger partial charge < -0.3 is 10.4 Å². The van der Waals surface area contributed by atoms with E-state index >= 15 is 0 Å². The van der Waals surface area contributed by atoms with Gasteiger partial charge in [-0.15, -0.1) is 0 Å². The van der Waals surface area contributed by atoms with E-state index in [2.05, 4.69) is 15.5 Å². The minimum atomic E-state index is -0.576. The summed E-state index contributed by atoms with van der Waals surface area (Å²) >= 11 is 0. The van der Waals surface area contributed by atoms with Gasteiger partial charge in [0.05, 0.1) is 17.8 Å². The number of aromatic nitrogens is 2. The Morgan fingerprint density at radius 1 is 1.29 bits per heavy atom. The molecule has 0 aliphatic heterocycles. The molecule has 0 aliphatic rings. The number of carbonyl (C=O) groups excluding carboxylic acids is 1. The Hall–Kier alpha value is -2.37. The lowest BCUT2D eigenvalue weighted by Gasteiger charge is -2.04. The largest absolute Gasteiger partial charge is 0.346 e. The predicted molar refractivity (Wildman–Crippen MR) is 59.0 cm³/mol. The third kappa shape index (κ3) is 2.60. The summed E-state index contributed by atoms with van der Waals surface area (Å²) < 4.78 is 13.2. The molecule has 17 heavy (non-hydrogen) atoms. The van der Waals surface area contributed by atoms with Crippen LogP contribution in [0.3, 0.4) is 0 Å². The number of aromatic amines is 2. The topological polar surface area (TPSA) is 77.8 Å². The molecule has 1 aromatic carbocycles. The molecule has 0 spiro atoms. The van der Waals surface area contributed by atoms with Gasteiger partial charge in [-0.25, -0.2) is 4.39 Å². The van der Waals surface area contributed by atoms with E-state index in [0.717, 1.165) is 0 Å². The maximum atomic E-state index is 13.2. The highest BCUT2D eigenvalue weighted by molar-refractivity contribution is 5.94. The molecular formula is C11H10FN3O2. The van der Waals surface area contributed by atoms with Gasteiger partial charge in [0, 0.05) is 6.07 Å². The molecule has 2 rings (SSSR count). The molecule has 2 aromatic rings. The highest BCUT2D eigenvalue weighted by Crippen LogP contribution is 2.05. The Morgan fingerprint density at radius 2 is 2.06 bits per heavy atom. The van der Waals surface area contributed by atoms with E-state index in [9.17, 15) is 14.0 Å². The van der Waals surface area contributed by atoms with Crippen molar-refractivity contribution in [3.8, 4) is 0 Å². The molecule has 0 radical (unpaired) electrons. The van der Waals surface area contributed by atoms with Crippen LogP contribution in [0.25, 0.3) is 0 Å². The number of H-pyrrole nitrogens is 2. The van der Waals surface area contributed by atoms with Crippen molar-refractivity contribution >= 4 is 5.91 Å². The molecule has 0 bridgehead atoms. The highest BCUT2D eigenvalue weighted by Gasteiger charge is 2.10. The second-order valence-corrected chi connectivity index (χ2v) is 3.45. The zero-order valence-electron chi connectivity index (χ0n) is 8.79. The minimum absolute atomic E-state index is 0.0228. The van der Waals surface area contributed by atoms with Gasteiger partial charge in [0.15, 0.2) is 0 Å². The predicted octanol–water partition coefficient (Wildman–Crippen LogP) is 0.772. The number of halogens is 1. The summed E-state index contributed by atoms with van der Waals surface area (Å²) in [4.78, 5) is 22.4. The number of carbonyl (C=O) groups is 1. The van der Waals surface area contributed by atoms with Crippen molar-refractivity contribution in [2.24, 2.45) is 0 Å². The summed E-state index contributed by atoms with van der Waals surface area (Å²) in [5.41, 5.74) is 0.227. The average molecular weight is 235 g/mol. The maximum absolute atomic E-state index is 13.2. The first kappa shape index (κ1) is 11.1. The smallest absolute Gasteiger partial charge is 0.264 e. The number of rotatable bonds is 3. The summed E-state index contributed by atoms with van der Waals surface area (Å²) in [6.07, 6.45) is 0. The number of benzene rings is 1. The third-order valence-electron chi connectivity index (χ3n) is 2.21. The van der Waals surface area contributed by atoms with E-state index in [1.807, 2.05) is 0 Å². The minimum Gasteiger partial charge on any atom is -0.346 e. The first-order valence-corrected chi connectivity index (χ1v) is 4.96. The molecule has 0 saturated carbocycles. The summed E-state index contributed by atoms with van der Waals surface area (Å²) in [5.74, 6) is -1.10. The van der Waals surface area contributed by atoms with Crippen LogP contribution < -0.4 is 10.9 Å². The van der Waals surface area contributed by atoms with Gasteiger partial charge >= 0.3 is 0 Å². The summed E-state index contributed by atoms with van der Waals surface area (Å²) in [7, 11) is 0. The Morgan fingerprint density at radius 3 is 2.71 bits per heavy atom. The van der Waals surface area contributed by atoms with Crippen LogP contribution in [0.4, 0.5) is 4.39 Å². The average Bonchev–Trinajstić information content (AvgIpc) is 2.73. The molecule has 1 heterocycles. The Balaban J connectivity index is 2.03. The van der Waals surface area contributed by atoms with Gasteiger partial charge in [0.25, 0.3) is 11.5 Å². The fourth-order valence-electron chi connectivity index (χ4n) is 1.38. The van der Waals surface area contributed by atoms with Crippen LogP contribution in [-0.2, 0) is 6.54 Å². The van der Waals surface area contributed by atoms with Crippen LogP contribution in [0.5, 0.6) is 0 Å².